The number of nitrogen functional groups attached to an aromatic ring is 1. The summed E-state index contributed by atoms with van der Waals surface area (Å²) < 4.78 is 18.0. The highest BCUT2D eigenvalue weighted by Crippen LogP contribution is 2.42. The number of hydrogen-bond acceptors (Lipinski definition) is 3. The van der Waals surface area contributed by atoms with Crippen molar-refractivity contribution in [2.75, 3.05) is 12.8 Å². The van der Waals surface area contributed by atoms with E-state index in [4.69, 9.17) is 5.73 Å². The lowest BCUT2D eigenvalue weighted by atomic mass is 10.0. The Hall–Kier alpha value is -1.58. The average Bonchev–Trinajstić information content (AvgIpc) is 3.00. The normalized spacial score (nSPS) is 15.1. The zero-order chi connectivity index (χ0) is 11.0. The molecule has 1 aromatic rings. The smallest absolute Gasteiger partial charge is 0.339 e. The van der Waals surface area contributed by atoms with Gasteiger partial charge in [-0.3, -0.25) is 0 Å². The lowest BCUT2D eigenvalue weighted by molar-refractivity contribution is 0.0602. The maximum atomic E-state index is 13.5. The Morgan fingerprint density at radius 2 is 2.20 bits per heavy atom. The molecule has 0 heterocycles. The van der Waals surface area contributed by atoms with E-state index in [1.54, 1.807) is 0 Å². The van der Waals surface area contributed by atoms with Crippen molar-refractivity contribution < 1.29 is 13.9 Å². The summed E-state index contributed by atoms with van der Waals surface area (Å²) in [6.07, 6.45) is 1.95. The van der Waals surface area contributed by atoms with Crippen LogP contribution in [0.5, 0.6) is 0 Å². The first-order valence-corrected chi connectivity index (χ1v) is 4.80. The van der Waals surface area contributed by atoms with Gasteiger partial charge in [-0.1, -0.05) is 0 Å². The van der Waals surface area contributed by atoms with Gasteiger partial charge in [0.05, 0.1) is 12.7 Å². The van der Waals surface area contributed by atoms with Gasteiger partial charge in [0.1, 0.15) is 5.82 Å². The topological polar surface area (TPSA) is 52.3 Å². The minimum Gasteiger partial charge on any atom is -0.465 e. The summed E-state index contributed by atoms with van der Waals surface area (Å²) >= 11 is 0. The Bertz CT molecular complexity index is 413. The summed E-state index contributed by atoms with van der Waals surface area (Å²) in [6, 6.07) is 2.70. The Balaban J connectivity index is 2.45. The third-order valence-corrected chi connectivity index (χ3v) is 2.59. The fourth-order valence-corrected chi connectivity index (χ4v) is 1.60. The number of anilines is 1. The van der Waals surface area contributed by atoms with Crippen LogP contribution in [-0.2, 0) is 4.74 Å². The molecule has 80 valence electrons. The van der Waals surface area contributed by atoms with Crippen LogP contribution in [0, 0.1) is 5.82 Å². The first kappa shape index (κ1) is 9.96. The molecule has 4 heteroatoms. The molecule has 15 heavy (non-hydrogen) atoms. The summed E-state index contributed by atoms with van der Waals surface area (Å²) in [5.74, 6) is -0.606. The number of methoxy groups -OCH3 is 1. The van der Waals surface area contributed by atoms with Gasteiger partial charge in [-0.2, -0.15) is 0 Å². The third-order valence-electron chi connectivity index (χ3n) is 2.59. The predicted molar refractivity (Wildman–Crippen MR) is 54.1 cm³/mol. The number of nitrogens with two attached hydrogens (primary N) is 1. The van der Waals surface area contributed by atoms with E-state index in [-0.39, 0.29) is 23.0 Å². The largest absolute Gasteiger partial charge is 0.465 e. The number of rotatable bonds is 2. The summed E-state index contributed by atoms with van der Waals surface area (Å²) in [7, 11) is 1.28. The number of carbonyl (C=O) groups is 1. The van der Waals surface area contributed by atoms with Crippen molar-refractivity contribution in [2.24, 2.45) is 0 Å². The minimum atomic E-state index is -0.519. The van der Waals surface area contributed by atoms with Crippen molar-refractivity contribution in [3.8, 4) is 0 Å². The van der Waals surface area contributed by atoms with E-state index < -0.39 is 5.97 Å². The van der Waals surface area contributed by atoms with Crippen LogP contribution < -0.4 is 5.73 Å². The summed E-state index contributed by atoms with van der Waals surface area (Å²) in [5.41, 5.74) is 6.50. The SMILES string of the molecule is COC(=O)c1cc(C2CC2)c(F)cc1N. The zero-order valence-electron chi connectivity index (χ0n) is 8.42. The molecule has 1 aliphatic rings. The van der Waals surface area contributed by atoms with Gasteiger partial charge in [-0.05, 0) is 36.5 Å². The third kappa shape index (κ3) is 1.79. The van der Waals surface area contributed by atoms with Crippen molar-refractivity contribution in [1.82, 2.24) is 0 Å². The lowest BCUT2D eigenvalue weighted by Crippen LogP contribution is -2.07. The van der Waals surface area contributed by atoms with Gasteiger partial charge >= 0.3 is 5.97 Å². The van der Waals surface area contributed by atoms with E-state index >= 15 is 0 Å². The monoisotopic (exact) mass is 209 g/mol. The standard InChI is InChI=1S/C11H12FNO2/c1-15-11(14)8-4-7(6-2-3-6)9(12)5-10(8)13/h4-6H,2-3,13H2,1H3. The van der Waals surface area contributed by atoms with Crippen LogP contribution in [-0.4, -0.2) is 13.1 Å². The maximum absolute atomic E-state index is 13.5. The number of hydrogen-bond donors (Lipinski definition) is 1. The van der Waals surface area contributed by atoms with Crippen LogP contribution in [0.1, 0.15) is 34.7 Å². The van der Waals surface area contributed by atoms with Crippen molar-refractivity contribution in [1.29, 1.82) is 0 Å². The molecule has 0 atom stereocenters. The first-order valence-electron chi connectivity index (χ1n) is 4.80. The molecule has 0 spiro atoms. The zero-order valence-corrected chi connectivity index (χ0v) is 8.42. The van der Waals surface area contributed by atoms with Crippen molar-refractivity contribution in [3.63, 3.8) is 0 Å². The van der Waals surface area contributed by atoms with Crippen LogP contribution in [0.25, 0.3) is 0 Å². The molecule has 2 rings (SSSR count). The molecule has 0 amide bonds. The molecule has 0 bridgehead atoms. The van der Waals surface area contributed by atoms with Gasteiger partial charge in [-0.15, -0.1) is 0 Å². The van der Waals surface area contributed by atoms with E-state index in [1.807, 2.05) is 0 Å². The number of ether oxygens (including phenoxy) is 1. The van der Waals surface area contributed by atoms with Gasteiger partial charge in [0, 0.05) is 5.69 Å². The van der Waals surface area contributed by atoms with Gasteiger partial charge in [0.15, 0.2) is 0 Å². The highest BCUT2D eigenvalue weighted by molar-refractivity contribution is 5.95. The predicted octanol–water partition coefficient (Wildman–Crippen LogP) is 2.07. The number of halogens is 1. The van der Waals surface area contributed by atoms with Gasteiger partial charge in [0.25, 0.3) is 0 Å². The number of carbonyl (C=O) groups excluding carboxylic acids is 1. The molecule has 1 fully saturated rings. The summed E-state index contributed by atoms with van der Waals surface area (Å²) in [4.78, 5) is 11.3. The van der Waals surface area contributed by atoms with E-state index in [9.17, 15) is 9.18 Å². The van der Waals surface area contributed by atoms with Crippen LogP contribution in [0.2, 0.25) is 0 Å². The van der Waals surface area contributed by atoms with Crippen LogP contribution in [0.4, 0.5) is 10.1 Å². The van der Waals surface area contributed by atoms with E-state index in [1.165, 1.54) is 19.2 Å². The highest BCUT2D eigenvalue weighted by Gasteiger charge is 2.28. The molecule has 3 nitrogen and oxygen atoms in total. The molecule has 2 N–H and O–H groups in total. The molecule has 0 saturated heterocycles. The molecular formula is C11H12FNO2. The lowest BCUT2D eigenvalue weighted by Gasteiger charge is -2.07. The number of esters is 1. The fraction of sp³-hybridized carbons (Fsp3) is 0.364. The van der Waals surface area contributed by atoms with Gasteiger partial charge < -0.3 is 10.5 Å². The van der Waals surface area contributed by atoms with Crippen molar-refractivity contribution >= 4 is 11.7 Å². The second-order valence-electron chi connectivity index (χ2n) is 3.73. The highest BCUT2D eigenvalue weighted by atomic mass is 19.1. The molecule has 1 aliphatic carbocycles. The average molecular weight is 209 g/mol. The van der Waals surface area contributed by atoms with E-state index in [0.717, 1.165) is 12.8 Å². The Labute approximate surface area is 87.0 Å². The molecule has 0 radical (unpaired) electrons. The minimum absolute atomic E-state index is 0.128. The fourth-order valence-electron chi connectivity index (χ4n) is 1.60. The van der Waals surface area contributed by atoms with Crippen LogP contribution >= 0.6 is 0 Å². The summed E-state index contributed by atoms with van der Waals surface area (Å²) in [6.45, 7) is 0. The van der Waals surface area contributed by atoms with Gasteiger partial charge in [0.2, 0.25) is 0 Å². The molecule has 0 unspecified atom stereocenters. The molecule has 0 aromatic heterocycles. The van der Waals surface area contributed by atoms with E-state index in [2.05, 4.69) is 4.74 Å². The molecule has 1 saturated carbocycles. The Morgan fingerprint density at radius 3 is 2.73 bits per heavy atom. The second kappa shape index (κ2) is 3.53. The van der Waals surface area contributed by atoms with Gasteiger partial charge in [-0.25, -0.2) is 9.18 Å². The maximum Gasteiger partial charge on any atom is 0.339 e. The Morgan fingerprint density at radius 1 is 1.53 bits per heavy atom. The van der Waals surface area contributed by atoms with Crippen LogP contribution in [0.15, 0.2) is 12.1 Å². The number of benzene rings is 1. The molecule has 1 aromatic carbocycles. The quantitative estimate of drug-likeness (QED) is 0.599. The van der Waals surface area contributed by atoms with Crippen LogP contribution in [0.3, 0.4) is 0 Å². The Kier molecular flexibility index (Phi) is 2.34. The second-order valence-corrected chi connectivity index (χ2v) is 3.73. The molecule has 0 aliphatic heterocycles. The van der Waals surface area contributed by atoms with Crippen molar-refractivity contribution in [2.45, 2.75) is 18.8 Å². The summed E-state index contributed by atoms with van der Waals surface area (Å²) in [5, 5.41) is 0. The van der Waals surface area contributed by atoms with Crippen molar-refractivity contribution in [3.05, 3.63) is 29.1 Å². The molecular weight excluding hydrogens is 197 g/mol. The van der Waals surface area contributed by atoms with E-state index in [0.29, 0.717) is 5.56 Å². The first-order chi connectivity index (χ1) is 7.13.